The molecule has 0 aromatic carbocycles. The predicted molar refractivity (Wildman–Crippen MR) is 113 cm³/mol. The number of hydrogen-bond acceptors (Lipinski definition) is 2. The van der Waals surface area contributed by atoms with Crippen LogP contribution in [0.15, 0.2) is 4.99 Å². The van der Waals surface area contributed by atoms with Gasteiger partial charge >= 0.3 is 0 Å². The molecule has 0 bridgehead atoms. The van der Waals surface area contributed by atoms with E-state index in [-0.39, 0.29) is 24.0 Å². The summed E-state index contributed by atoms with van der Waals surface area (Å²) in [6.45, 7) is 9.74. The molecule has 3 atom stereocenters. The lowest BCUT2D eigenvalue weighted by atomic mass is 9.82. The Morgan fingerprint density at radius 1 is 1.04 bits per heavy atom. The van der Waals surface area contributed by atoms with Gasteiger partial charge in [-0.25, -0.2) is 0 Å². The number of piperidine rings is 1. The molecular formula is C19H37IN4. The van der Waals surface area contributed by atoms with Crippen LogP contribution in [0.3, 0.4) is 0 Å². The van der Waals surface area contributed by atoms with Crippen molar-refractivity contribution in [2.24, 2.45) is 22.7 Å². The van der Waals surface area contributed by atoms with Crippen LogP contribution in [0.5, 0.6) is 0 Å². The Labute approximate surface area is 165 Å². The Hall–Kier alpha value is -0.0400. The zero-order valence-corrected chi connectivity index (χ0v) is 18.0. The minimum atomic E-state index is 0. The molecule has 5 heteroatoms. The average Bonchev–Trinajstić information content (AvgIpc) is 2.98. The smallest absolute Gasteiger partial charge is 0.193 e. The lowest BCUT2D eigenvalue weighted by Crippen LogP contribution is -2.42. The summed E-state index contributed by atoms with van der Waals surface area (Å²) in [4.78, 5) is 9.70. The molecule has 1 N–H and O–H groups in total. The standard InChI is InChI=1S/C19H36N4.HI/c1-16-7-5-11-22(13-16)12-6-10-21-19(20-2)23-14-17-8-3-4-9-18(17)15-23;/h16-18H,3-15H2,1-2H3,(H,20,21);1H. The molecule has 0 spiro atoms. The van der Waals surface area contributed by atoms with E-state index >= 15 is 0 Å². The Kier molecular flexibility index (Phi) is 8.61. The third-order valence-electron chi connectivity index (χ3n) is 6.16. The van der Waals surface area contributed by atoms with Crippen molar-refractivity contribution in [1.82, 2.24) is 15.1 Å². The summed E-state index contributed by atoms with van der Waals surface area (Å²) in [6, 6.07) is 0. The highest BCUT2D eigenvalue weighted by Crippen LogP contribution is 2.35. The highest BCUT2D eigenvalue weighted by atomic mass is 127. The van der Waals surface area contributed by atoms with Gasteiger partial charge in [0.1, 0.15) is 0 Å². The third-order valence-corrected chi connectivity index (χ3v) is 6.16. The van der Waals surface area contributed by atoms with Crippen LogP contribution in [0.1, 0.15) is 51.9 Å². The second kappa shape index (κ2) is 10.2. The monoisotopic (exact) mass is 448 g/mol. The zero-order chi connectivity index (χ0) is 16.1. The van der Waals surface area contributed by atoms with E-state index in [4.69, 9.17) is 0 Å². The Bertz CT molecular complexity index is 387. The summed E-state index contributed by atoms with van der Waals surface area (Å²) in [5, 5.41) is 3.62. The third kappa shape index (κ3) is 5.48. The van der Waals surface area contributed by atoms with Gasteiger partial charge in [0.05, 0.1) is 0 Å². The Morgan fingerprint density at radius 2 is 1.75 bits per heavy atom. The van der Waals surface area contributed by atoms with Crippen molar-refractivity contribution in [1.29, 1.82) is 0 Å². The van der Waals surface area contributed by atoms with Gasteiger partial charge in [-0.05, 0) is 62.9 Å². The summed E-state index contributed by atoms with van der Waals surface area (Å²) in [5.74, 6) is 3.89. The first kappa shape index (κ1) is 20.3. The van der Waals surface area contributed by atoms with Crippen LogP contribution < -0.4 is 5.32 Å². The Morgan fingerprint density at radius 3 is 2.38 bits per heavy atom. The fourth-order valence-electron chi connectivity index (χ4n) is 4.90. The van der Waals surface area contributed by atoms with Crippen LogP contribution in [0.4, 0.5) is 0 Å². The molecule has 0 radical (unpaired) electrons. The molecule has 0 aromatic heterocycles. The number of likely N-dealkylation sites (tertiary alicyclic amines) is 2. The number of nitrogens with one attached hydrogen (secondary N) is 1. The zero-order valence-electron chi connectivity index (χ0n) is 15.7. The van der Waals surface area contributed by atoms with Gasteiger partial charge in [0.25, 0.3) is 0 Å². The van der Waals surface area contributed by atoms with Gasteiger partial charge in [0.2, 0.25) is 0 Å². The van der Waals surface area contributed by atoms with Crippen LogP contribution in [0.25, 0.3) is 0 Å². The molecule has 1 saturated carbocycles. The van der Waals surface area contributed by atoms with Crippen LogP contribution in [-0.2, 0) is 0 Å². The van der Waals surface area contributed by atoms with E-state index in [9.17, 15) is 0 Å². The lowest BCUT2D eigenvalue weighted by Gasteiger charge is -2.31. The molecule has 2 aliphatic heterocycles. The van der Waals surface area contributed by atoms with E-state index in [1.54, 1.807) is 0 Å². The molecule has 3 unspecified atom stereocenters. The second-order valence-corrected chi connectivity index (χ2v) is 8.09. The Balaban J connectivity index is 0.00000208. The van der Waals surface area contributed by atoms with E-state index in [0.717, 1.165) is 30.3 Å². The molecule has 3 aliphatic rings. The lowest BCUT2D eigenvalue weighted by molar-refractivity contribution is 0.182. The van der Waals surface area contributed by atoms with Crippen molar-refractivity contribution in [3.8, 4) is 0 Å². The molecule has 2 saturated heterocycles. The van der Waals surface area contributed by atoms with Crippen molar-refractivity contribution in [2.45, 2.75) is 51.9 Å². The first-order valence-electron chi connectivity index (χ1n) is 9.94. The van der Waals surface area contributed by atoms with E-state index in [2.05, 4.69) is 27.0 Å². The van der Waals surface area contributed by atoms with Crippen molar-refractivity contribution >= 4 is 29.9 Å². The molecule has 4 nitrogen and oxygen atoms in total. The predicted octanol–water partition coefficient (Wildman–Crippen LogP) is 3.42. The fraction of sp³-hybridized carbons (Fsp3) is 0.947. The maximum Gasteiger partial charge on any atom is 0.193 e. The molecule has 24 heavy (non-hydrogen) atoms. The van der Waals surface area contributed by atoms with Crippen LogP contribution in [0.2, 0.25) is 0 Å². The van der Waals surface area contributed by atoms with Crippen LogP contribution in [-0.4, -0.2) is 62.1 Å². The SMILES string of the molecule is CN=C(NCCCN1CCCC(C)C1)N1CC2CCCCC2C1.I. The molecule has 0 aromatic rings. The molecule has 1 aliphatic carbocycles. The topological polar surface area (TPSA) is 30.9 Å². The minimum Gasteiger partial charge on any atom is -0.356 e. The maximum atomic E-state index is 4.54. The van der Waals surface area contributed by atoms with E-state index in [0.29, 0.717) is 0 Å². The highest BCUT2D eigenvalue weighted by Gasteiger charge is 2.35. The van der Waals surface area contributed by atoms with Crippen LogP contribution >= 0.6 is 24.0 Å². The van der Waals surface area contributed by atoms with Crippen molar-refractivity contribution in [3.63, 3.8) is 0 Å². The maximum absolute atomic E-state index is 4.54. The van der Waals surface area contributed by atoms with Crippen LogP contribution in [0, 0.1) is 17.8 Å². The van der Waals surface area contributed by atoms with E-state index < -0.39 is 0 Å². The van der Waals surface area contributed by atoms with Gasteiger partial charge in [-0.3, -0.25) is 4.99 Å². The van der Waals surface area contributed by atoms with Gasteiger partial charge in [-0.2, -0.15) is 0 Å². The van der Waals surface area contributed by atoms with Crippen molar-refractivity contribution < 1.29 is 0 Å². The molecule has 3 fully saturated rings. The van der Waals surface area contributed by atoms with Crippen molar-refractivity contribution in [3.05, 3.63) is 0 Å². The molecule has 0 amide bonds. The number of aliphatic imine (C=N–C) groups is 1. The number of fused-ring (bicyclic) bond motifs is 1. The molecular weight excluding hydrogens is 411 g/mol. The highest BCUT2D eigenvalue weighted by molar-refractivity contribution is 14.0. The molecule has 140 valence electrons. The number of hydrogen-bond donors (Lipinski definition) is 1. The number of nitrogens with zero attached hydrogens (tertiary/aromatic N) is 3. The van der Waals surface area contributed by atoms with Gasteiger partial charge < -0.3 is 15.1 Å². The number of guanidine groups is 1. The summed E-state index contributed by atoms with van der Waals surface area (Å²) < 4.78 is 0. The first-order valence-corrected chi connectivity index (χ1v) is 9.94. The largest absolute Gasteiger partial charge is 0.356 e. The summed E-state index contributed by atoms with van der Waals surface area (Å²) >= 11 is 0. The van der Waals surface area contributed by atoms with Gasteiger partial charge in [0, 0.05) is 33.2 Å². The molecule has 2 heterocycles. The van der Waals surface area contributed by atoms with E-state index in [1.165, 1.54) is 77.7 Å². The average molecular weight is 448 g/mol. The number of rotatable bonds is 4. The second-order valence-electron chi connectivity index (χ2n) is 8.09. The normalized spacial score (nSPS) is 31.5. The molecule has 3 rings (SSSR count). The van der Waals surface area contributed by atoms with Crippen molar-refractivity contribution in [2.75, 3.05) is 46.3 Å². The van der Waals surface area contributed by atoms with Gasteiger partial charge in [0.15, 0.2) is 5.96 Å². The van der Waals surface area contributed by atoms with E-state index in [1.807, 2.05) is 7.05 Å². The summed E-state index contributed by atoms with van der Waals surface area (Å²) in [5.41, 5.74) is 0. The van der Waals surface area contributed by atoms with Gasteiger partial charge in [-0.1, -0.05) is 19.8 Å². The summed E-state index contributed by atoms with van der Waals surface area (Å²) in [7, 11) is 1.94. The first-order chi connectivity index (χ1) is 11.3. The number of halogens is 1. The summed E-state index contributed by atoms with van der Waals surface area (Å²) in [6.07, 6.45) is 9.78. The fourth-order valence-corrected chi connectivity index (χ4v) is 4.90. The quantitative estimate of drug-likeness (QED) is 0.310. The van der Waals surface area contributed by atoms with Gasteiger partial charge in [-0.15, -0.1) is 24.0 Å². The minimum absolute atomic E-state index is 0.